The van der Waals surface area contributed by atoms with E-state index in [9.17, 15) is 38.8 Å². The number of benzene rings is 6. The molecule has 6 aromatic carbocycles. The molecule has 0 saturated heterocycles. The molecule has 8 rings (SSSR count). The second-order valence-electron chi connectivity index (χ2n) is 21.9. The Morgan fingerprint density at radius 3 is 1.88 bits per heavy atom. The number of aromatic carboxylic acids is 1. The molecule has 0 fully saturated rings. The largest absolute Gasteiger partial charge is 0.507 e. The lowest BCUT2D eigenvalue weighted by Gasteiger charge is -2.43. The zero-order valence-electron chi connectivity index (χ0n) is 42.5. The number of hydrogen-bond acceptors (Lipinski definition) is 8. The lowest BCUT2D eigenvalue weighted by atomic mass is 9.62. The zero-order valence-corrected chi connectivity index (χ0v) is 43.3. The van der Waals surface area contributed by atoms with E-state index in [1.54, 1.807) is 54.2 Å². The van der Waals surface area contributed by atoms with Crippen molar-refractivity contribution in [1.82, 2.24) is 0 Å². The van der Waals surface area contributed by atoms with Gasteiger partial charge in [-0.05, 0) is 159 Å². The molecule has 73 heavy (non-hydrogen) atoms. The number of carboxylic acid groups (broad SMARTS) is 1. The number of phenolic OH excluding ortho intramolecular Hbond substituents is 1. The Morgan fingerprint density at radius 2 is 1.25 bits per heavy atom. The average Bonchev–Trinajstić information content (AvgIpc) is 3.34. The summed E-state index contributed by atoms with van der Waals surface area (Å²) in [6.07, 6.45) is 4.71. The van der Waals surface area contributed by atoms with Crippen molar-refractivity contribution in [3.63, 3.8) is 0 Å². The number of thioether (sulfide) groups is 1. The first-order valence-electron chi connectivity index (χ1n) is 24.5. The van der Waals surface area contributed by atoms with Gasteiger partial charge in [-0.25, -0.2) is 18.4 Å². The van der Waals surface area contributed by atoms with Crippen LogP contribution in [0.4, 0.5) is 8.78 Å². The van der Waals surface area contributed by atoms with E-state index >= 15 is 0 Å². The molecule has 0 aliphatic heterocycles. The standard InChI is InChI=1S/C62H62F2O8S/c1-59(2)25-27-61(5,6)55-47(59)31-41(33-53(55)71-35-39-9-17-43(63)18-10-39)49(65)23-15-37-13-21-45(51(67)29-37)58(70)72-52-30-38(14-22-46(52)57(68)69)16-24-50(66)42-32-48-56(62(7,8)28-26-60(48,3)4)54(34-42)73-36-40-11-19-44(64)20-12-40/h9-15,17-23,29-34,49-50,65-67H,25-28,35-36H2,1-8H3,(H,68,69). The number of rotatable bonds is 13. The Hall–Kier alpha value is -6.71. The first-order valence-corrected chi connectivity index (χ1v) is 25.5. The molecule has 0 saturated carbocycles. The molecule has 0 radical (unpaired) electrons. The summed E-state index contributed by atoms with van der Waals surface area (Å²) >= 11 is 1.63. The highest BCUT2D eigenvalue weighted by atomic mass is 32.2. The van der Waals surface area contributed by atoms with Crippen LogP contribution >= 0.6 is 11.8 Å². The molecular weight excluding hydrogens is 943 g/mol. The molecule has 2 aliphatic carbocycles. The minimum atomic E-state index is -1.35. The van der Waals surface area contributed by atoms with E-state index in [4.69, 9.17) is 9.47 Å². The van der Waals surface area contributed by atoms with Gasteiger partial charge in [0.25, 0.3) is 0 Å². The summed E-state index contributed by atoms with van der Waals surface area (Å²) in [5, 5.41) is 44.3. The van der Waals surface area contributed by atoms with Crippen molar-refractivity contribution in [3.8, 4) is 29.1 Å². The van der Waals surface area contributed by atoms with Crippen molar-refractivity contribution in [1.29, 1.82) is 0 Å². The first kappa shape index (κ1) is 52.6. The van der Waals surface area contributed by atoms with E-state index in [1.165, 1.54) is 60.2 Å². The van der Waals surface area contributed by atoms with Gasteiger partial charge >= 0.3 is 11.9 Å². The van der Waals surface area contributed by atoms with Gasteiger partial charge in [0, 0.05) is 21.8 Å². The summed E-state index contributed by atoms with van der Waals surface area (Å²) in [7, 11) is 0. The fraction of sp³-hybridized carbons (Fsp3) is 0.323. The third kappa shape index (κ3) is 11.7. The molecule has 0 aromatic heterocycles. The summed E-state index contributed by atoms with van der Waals surface area (Å²) in [6, 6.07) is 28.7. The Bertz CT molecular complexity index is 3180. The lowest BCUT2D eigenvalue weighted by Crippen LogP contribution is -2.34. The number of halogens is 2. The van der Waals surface area contributed by atoms with E-state index < -0.39 is 29.9 Å². The summed E-state index contributed by atoms with van der Waals surface area (Å²) in [5.74, 6) is 3.35. The van der Waals surface area contributed by atoms with Gasteiger partial charge in [0.05, 0.1) is 6.10 Å². The number of carbonyl (C=O) groups is 2. The SMILES string of the molecule is CC1(C)CCC(C)(C)c2c(OCc3ccc(F)cc3)cc(C(O)C=Cc3ccc(C(=O)Oc4cc(C#CC(O)c5cc(SCc6ccc(F)cc6)c6c(c5)C(C)(C)CCC6(C)C)ccc4C(=O)O)c(O)c3)cc21. The highest BCUT2D eigenvalue weighted by molar-refractivity contribution is 7.98. The molecule has 2 aliphatic rings. The number of aliphatic hydroxyl groups is 2. The van der Waals surface area contributed by atoms with Crippen molar-refractivity contribution < 1.29 is 48.3 Å². The number of carboxylic acids is 1. The van der Waals surface area contributed by atoms with Crippen molar-refractivity contribution in [2.75, 3.05) is 0 Å². The molecule has 2 atom stereocenters. The third-order valence-corrected chi connectivity index (χ3v) is 15.7. The van der Waals surface area contributed by atoms with E-state index in [0.29, 0.717) is 28.2 Å². The number of fused-ring (bicyclic) bond motifs is 2. The monoisotopic (exact) mass is 1000 g/mol. The number of hydrogen-bond donors (Lipinski definition) is 4. The summed E-state index contributed by atoms with van der Waals surface area (Å²) in [6.45, 7) is 17.8. The summed E-state index contributed by atoms with van der Waals surface area (Å²) in [4.78, 5) is 26.9. The van der Waals surface area contributed by atoms with Gasteiger partial charge in [-0.1, -0.05) is 122 Å². The molecule has 2 unspecified atom stereocenters. The lowest BCUT2D eigenvalue weighted by molar-refractivity contribution is 0.0680. The molecular formula is C62H62F2O8S. The van der Waals surface area contributed by atoms with Gasteiger partial charge in [-0.15, -0.1) is 11.8 Å². The summed E-state index contributed by atoms with van der Waals surface area (Å²) < 4.78 is 39.4. The topological polar surface area (TPSA) is 134 Å². The van der Waals surface area contributed by atoms with Gasteiger partial charge in [0.15, 0.2) is 0 Å². The fourth-order valence-corrected chi connectivity index (χ4v) is 11.2. The van der Waals surface area contributed by atoms with Gasteiger partial charge in [-0.2, -0.15) is 0 Å². The molecule has 0 heterocycles. The highest BCUT2D eigenvalue weighted by Crippen LogP contribution is 2.52. The van der Waals surface area contributed by atoms with Crippen LogP contribution in [0, 0.1) is 23.5 Å². The van der Waals surface area contributed by atoms with Gasteiger partial charge in [0.1, 0.15) is 52.7 Å². The van der Waals surface area contributed by atoms with E-state index in [1.807, 2.05) is 24.3 Å². The van der Waals surface area contributed by atoms with Gasteiger partial charge in [0.2, 0.25) is 0 Å². The first-order chi connectivity index (χ1) is 34.4. The quantitative estimate of drug-likeness (QED) is 0.0386. The smallest absolute Gasteiger partial charge is 0.347 e. The van der Waals surface area contributed by atoms with Gasteiger partial charge in [-0.3, -0.25) is 0 Å². The van der Waals surface area contributed by atoms with Crippen LogP contribution in [0.3, 0.4) is 0 Å². The molecule has 378 valence electrons. The van der Waals surface area contributed by atoms with E-state index in [-0.39, 0.29) is 62.3 Å². The predicted octanol–water partition coefficient (Wildman–Crippen LogP) is 14.0. The van der Waals surface area contributed by atoms with Crippen LogP contribution in [0.15, 0.2) is 120 Å². The maximum atomic E-state index is 13.7. The van der Waals surface area contributed by atoms with Crippen LogP contribution in [0.2, 0.25) is 0 Å². The minimum Gasteiger partial charge on any atom is -0.507 e. The molecule has 8 nitrogen and oxygen atoms in total. The van der Waals surface area contributed by atoms with Crippen molar-refractivity contribution in [3.05, 3.63) is 194 Å². The maximum Gasteiger partial charge on any atom is 0.347 e. The molecule has 6 aromatic rings. The number of esters is 1. The molecule has 11 heteroatoms. The second kappa shape index (κ2) is 20.7. The van der Waals surface area contributed by atoms with E-state index in [2.05, 4.69) is 67.2 Å². The molecule has 0 spiro atoms. The maximum absolute atomic E-state index is 13.7. The molecule has 0 bridgehead atoms. The summed E-state index contributed by atoms with van der Waals surface area (Å²) in [5.41, 5.74) is 6.99. The van der Waals surface area contributed by atoms with Crippen LogP contribution in [0.1, 0.15) is 170 Å². The Balaban J connectivity index is 1.01. The number of ether oxygens (including phenoxy) is 2. The fourth-order valence-electron chi connectivity index (χ4n) is 9.94. The number of phenols is 1. The number of carbonyl (C=O) groups excluding carboxylic acids is 1. The average molecular weight is 1010 g/mol. The van der Waals surface area contributed by atoms with Gasteiger partial charge < -0.3 is 29.9 Å². The third-order valence-electron chi connectivity index (χ3n) is 14.6. The van der Waals surface area contributed by atoms with Crippen LogP contribution in [0.5, 0.6) is 17.2 Å². The normalized spacial score (nSPS) is 16.8. The Morgan fingerprint density at radius 1 is 0.671 bits per heavy atom. The zero-order chi connectivity index (χ0) is 52.6. The van der Waals surface area contributed by atoms with Crippen molar-refractivity contribution in [2.24, 2.45) is 0 Å². The van der Waals surface area contributed by atoms with Crippen LogP contribution in [0.25, 0.3) is 6.08 Å². The number of aromatic hydroxyl groups is 1. The number of aliphatic hydroxyl groups excluding tert-OH is 2. The van der Waals surface area contributed by atoms with E-state index in [0.717, 1.165) is 58.4 Å². The molecule has 0 amide bonds. The second-order valence-corrected chi connectivity index (χ2v) is 22.9. The molecule has 4 N–H and O–H groups in total. The van der Waals surface area contributed by atoms with Crippen molar-refractivity contribution in [2.45, 2.75) is 132 Å². The Kier molecular flexibility index (Phi) is 14.9. The minimum absolute atomic E-state index is 0.125. The van der Waals surface area contributed by atoms with Crippen LogP contribution < -0.4 is 9.47 Å². The van der Waals surface area contributed by atoms with Crippen LogP contribution in [-0.4, -0.2) is 32.4 Å². The predicted molar refractivity (Wildman–Crippen MR) is 282 cm³/mol. The highest BCUT2D eigenvalue weighted by Gasteiger charge is 2.41. The van der Waals surface area contributed by atoms with Crippen molar-refractivity contribution >= 4 is 29.8 Å². The Labute approximate surface area is 431 Å². The van der Waals surface area contributed by atoms with Crippen LogP contribution in [-0.2, 0) is 34.0 Å².